The van der Waals surface area contributed by atoms with Crippen LogP contribution < -0.4 is 0 Å². The van der Waals surface area contributed by atoms with Gasteiger partial charge in [0.1, 0.15) is 13.2 Å². The number of carbonyl (C=O) groups is 3. The van der Waals surface area contributed by atoms with Crippen molar-refractivity contribution in [3.05, 3.63) is 0 Å². The highest BCUT2D eigenvalue weighted by Crippen LogP contribution is 2.16. The SMILES string of the molecule is CCCCCCCCCCCC(=O)OC[C@@H](COC(=O)CCCCCCCCCCC(C)CC)OC(=O)CCCCCCCCCC(C)C. The van der Waals surface area contributed by atoms with Gasteiger partial charge in [0.2, 0.25) is 0 Å². The number of hydrogen-bond donors (Lipinski definition) is 0. The Bertz CT molecular complexity index is 751. The van der Waals surface area contributed by atoms with Crippen molar-refractivity contribution in [1.82, 2.24) is 0 Å². The molecular formula is C43H82O6. The van der Waals surface area contributed by atoms with Crippen LogP contribution >= 0.6 is 0 Å². The van der Waals surface area contributed by atoms with Crippen molar-refractivity contribution in [3.63, 3.8) is 0 Å². The number of rotatable bonds is 37. The second-order valence-corrected chi connectivity index (χ2v) is 15.3. The van der Waals surface area contributed by atoms with Gasteiger partial charge in [-0.1, -0.05) is 189 Å². The summed E-state index contributed by atoms with van der Waals surface area (Å²) >= 11 is 0. The molecule has 0 aliphatic heterocycles. The Kier molecular flexibility index (Phi) is 35.0. The fourth-order valence-corrected chi connectivity index (χ4v) is 6.19. The molecule has 0 aromatic rings. The summed E-state index contributed by atoms with van der Waals surface area (Å²) in [6.45, 7) is 11.3. The van der Waals surface area contributed by atoms with Crippen molar-refractivity contribution in [3.8, 4) is 0 Å². The maximum absolute atomic E-state index is 12.6. The van der Waals surface area contributed by atoms with Gasteiger partial charge in [0.05, 0.1) is 0 Å². The number of esters is 3. The Morgan fingerprint density at radius 1 is 0.429 bits per heavy atom. The molecule has 6 heteroatoms. The van der Waals surface area contributed by atoms with Gasteiger partial charge in [-0.3, -0.25) is 14.4 Å². The van der Waals surface area contributed by atoms with Crippen LogP contribution in [0, 0.1) is 11.8 Å². The van der Waals surface area contributed by atoms with Crippen LogP contribution in [0.3, 0.4) is 0 Å². The van der Waals surface area contributed by atoms with E-state index in [2.05, 4.69) is 34.6 Å². The lowest BCUT2D eigenvalue weighted by molar-refractivity contribution is -0.167. The van der Waals surface area contributed by atoms with E-state index in [9.17, 15) is 14.4 Å². The van der Waals surface area contributed by atoms with Crippen LogP contribution in [0.1, 0.15) is 227 Å². The Morgan fingerprint density at radius 2 is 0.776 bits per heavy atom. The minimum atomic E-state index is -0.759. The molecular weight excluding hydrogens is 612 g/mol. The third-order valence-corrected chi connectivity index (χ3v) is 9.83. The number of ether oxygens (including phenoxy) is 3. The smallest absolute Gasteiger partial charge is 0.306 e. The van der Waals surface area contributed by atoms with Gasteiger partial charge in [-0.2, -0.15) is 0 Å². The van der Waals surface area contributed by atoms with E-state index in [1.807, 2.05) is 0 Å². The zero-order valence-electron chi connectivity index (χ0n) is 33.3. The Morgan fingerprint density at radius 3 is 1.16 bits per heavy atom. The van der Waals surface area contributed by atoms with Crippen LogP contribution in [0.5, 0.6) is 0 Å². The summed E-state index contributed by atoms with van der Waals surface area (Å²) in [5.41, 5.74) is 0. The molecule has 0 saturated heterocycles. The molecule has 290 valence electrons. The van der Waals surface area contributed by atoms with Gasteiger partial charge in [-0.05, 0) is 31.1 Å². The molecule has 49 heavy (non-hydrogen) atoms. The molecule has 0 aromatic heterocycles. The quantitative estimate of drug-likeness (QED) is 0.0366. The Labute approximate surface area is 304 Å². The first-order chi connectivity index (χ1) is 23.8. The van der Waals surface area contributed by atoms with Crippen molar-refractivity contribution in [2.75, 3.05) is 13.2 Å². The van der Waals surface area contributed by atoms with Gasteiger partial charge in [0, 0.05) is 19.3 Å². The molecule has 1 unspecified atom stereocenters. The fraction of sp³-hybridized carbons (Fsp3) is 0.930. The third-order valence-electron chi connectivity index (χ3n) is 9.83. The van der Waals surface area contributed by atoms with Crippen molar-refractivity contribution in [2.24, 2.45) is 11.8 Å². The first-order valence-electron chi connectivity index (χ1n) is 21.3. The molecule has 0 aliphatic rings. The predicted octanol–water partition coefficient (Wildman–Crippen LogP) is 13.0. The zero-order chi connectivity index (χ0) is 36.2. The van der Waals surface area contributed by atoms with E-state index >= 15 is 0 Å². The molecule has 0 rings (SSSR count). The summed E-state index contributed by atoms with van der Waals surface area (Å²) in [5.74, 6) is 0.758. The van der Waals surface area contributed by atoms with E-state index in [0.717, 1.165) is 69.6 Å². The third kappa shape index (κ3) is 36.0. The molecule has 0 amide bonds. The second kappa shape index (κ2) is 36.2. The van der Waals surface area contributed by atoms with E-state index in [0.29, 0.717) is 19.3 Å². The number of carbonyl (C=O) groups excluding carboxylic acids is 3. The maximum atomic E-state index is 12.6. The van der Waals surface area contributed by atoms with Crippen molar-refractivity contribution in [1.29, 1.82) is 0 Å². The fourth-order valence-electron chi connectivity index (χ4n) is 6.19. The van der Waals surface area contributed by atoms with Gasteiger partial charge < -0.3 is 14.2 Å². The molecule has 0 N–H and O–H groups in total. The van der Waals surface area contributed by atoms with Crippen LogP contribution in [0.4, 0.5) is 0 Å². The molecule has 0 aromatic carbocycles. The van der Waals surface area contributed by atoms with Gasteiger partial charge in [0.15, 0.2) is 6.10 Å². The van der Waals surface area contributed by atoms with Gasteiger partial charge in [-0.25, -0.2) is 0 Å². The highest BCUT2D eigenvalue weighted by molar-refractivity contribution is 5.71. The largest absolute Gasteiger partial charge is 0.462 e. The summed E-state index contributed by atoms with van der Waals surface area (Å²) in [7, 11) is 0. The molecule has 0 spiro atoms. The lowest BCUT2D eigenvalue weighted by Gasteiger charge is -2.18. The average Bonchev–Trinajstić information content (AvgIpc) is 3.08. The lowest BCUT2D eigenvalue weighted by Crippen LogP contribution is -2.30. The molecule has 6 nitrogen and oxygen atoms in total. The molecule has 0 fully saturated rings. The molecule has 0 bridgehead atoms. The molecule has 0 saturated carbocycles. The van der Waals surface area contributed by atoms with Crippen LogP contribution in [-0.4, -0.2) is 37.2 Å². The summed E-state index contributed by atoms with van der Waals surface area (Å²) < 4.78 is 16.6. The summed E-state index contributed by atoms with van der Waals surface area (Å²) in [4.78, 5) is 37.5. The molecule has 0 aliphatic carbocycles. The second-order valence-electron chi connectivity index (χ2n) is 15.3. The predicted molar refractivity (Wildman–Crippen MR) is 206 cm³/mol. The van der Waals surface area contributed by atoms with Gasteiger partial charge in [0.25, 0.3) is 0 Å². The van der Waals surface area contributed by atoms with Gasteiger partial charge in [-0.15, -0.1) is 0 Å². The Balaban J connectivity index is 4.35. The highest BCUT2D eigenvalue weighted by Gasteiger charge is 2.19. The molecule has 0 radical (unpaired) electrons. The van der Waals surface area contributed by atoms with Crippen LogP contribution in [0.2, 0.25) is 0 Å². The van der Waals surface area contributed by atoms with E-state index in [-0.39, 0.29) is 31.1 Å². The highest BCUT2D eigenvalue weighted by atomic mass is 16.6. The Hall–Kier alpha value is -1.59. The summed E-state index contributed by atoms with van der Waals surface area (Å²) in [6, 6.07) is 0. The average molecular weight is 695 g/mol. The summed E-state index contributed by atoms with van der Waals surface area (Å²) in [5, 5.41) is 0. The normalized spacial score (nSPS) is 12.6. The monoisotopic (exact) mass is 695 g/mol. The first-order valence-corrected chi connectivity index (χ1v) is 21.3. The standard InChI is InChI=1S/C43H82O6/c1-6-8-9-10-11-12-18-23-28-33-41(44)47-36-40(49-43(46)35-30-25-20-15-16-21-26-31-38(3)4)37-48-42(45)34-29-24-19-14-13-17-22-27-32-39(5)7-2/h38-40H,6-37H2,1-5H3/t39?,40-/m0/s1. The minimum Gasteiger partial charge on any atom is -0.462 e. The van der Waals surface area contributed by atoms with Crippen LogP contribution in [0.25, 0.3) is 0 Å². The lowest BCUT2D eigenvalue weighted by atomic mass is 9.99. The van der Waals surface area contributed by atoms with E-state index in [1.165, 1.54) is 116 Å². The topological polar surface area (TPSA) is 78.9 Å². The number of unbranched alkanes of at least 4 members (excludes halogenated alkanes) is 21. The van der Waals surface area contributed by atoms with E-state index in [4.69, 9.17) is 14.2 Å². The van der Waals surface area contributed by atoms with Crippen molar-refractivity contribution >= 4 is 17.9 Å². The number of hydrogen-bond acceptors (Lipinski definition) is 6. The van der Waals surface area contributed by atoms with Crippen LogP contribution in [0.15, 0.2) is 0 Å². The molecule has 2 atom stereocenters. The summed E-state index contributed by atoms with van der Waals surface area (Å²) in [6.07, 6.45) is 32.3. The maximum Gasteiger partial charge on any atom is 0.306 e. The van der Waals surface area contributed by atoms with E-state index in [1.54, 1.807) is 0 Å². The van der Waals surface area contributed by atoms with Crippen molar-refractivity contribution < 1.29 is 28.6 Å². The minimum absolute atomic E-state index is 0.0665. The first kappa shape index (κ1) is 47.4. The van der Waals surface area contributed by atoms with Crippen molar-refractivity contribution in [2.45, 2.75) is 233 Å². The zero-order valence-corrected chi connectivity index (χ0v) is 33.3. The van der Waals surface area contributed by atoms with Crippen LogP contribution in [-0.2, 0) is 28.6 Å². The van der Waals surface area contributed by atoms with Gasteiger partial charge >= 0.3 is 17.9 Å². The molecule has 0 heterocycles. The van der Waals surface area contributed by atoms with E-state index < -0.39 is 6.10 Å².